The molecule has 1 fully saturated rings. The van der Waals surface area contributed by atoms with Gasteiger partial charge >= 0.3 is 6.18 Å². The smallest absolute Gasteiger partial charge is 0.382 e. The van der Waals surface area contributed by atoms with Crippen molar-refractivity contribution in [2.45, 2.75) is 44.3 Å². The van der Waals surface area contributed by atoms with Crippen molar-refractivity contribution in [3.8, 4) is 0 Å². The van der Waals surface area contributed by atoms with Crippen LogP contribution in [0.4, 0.5) is 18.9 Å². The average Bonchev–Trinajstić information content (AvgIpc) is 2.42. The largest absolute Gasteiger partial charge is 0.395 e. The highest BCUT2D eigenvalue weighted by molar-refractivity contribution is 5.46. The van der Waals surface area contributed by atoms with Gasteiger partial charge in [-0.3, -0.25) is 0 Å². The van der Waals surface area contributed by atoms with Crippen molar-refractivity contribution in [1.82, 2.24) is 4.90 Å². The second-order valence-electron chi connectivity index (χ2n) is 5.85. The minimum Gasteiger partial charge on any atom is -0.382 e. The maximum absolute atomic E-state index is 12.9. The summed E-state index contributed by atoms with van der Waals surface area (Å²) in [7, 11) is 2.10. The number of halogens is 3. The van der Waals surface area contributed by atoms with E-state index >= 15 is 0 Å². The molecular formula is C16H23F3N2. The van der Waals surface area contributed by atoms with Crippen molar-refractivity contribution in [1.29, 1.82) is 0 Å². The molecule has 21 heavy (non-hydrogen) atoms. The van der Waals surface area contributed by atoms with Gasteiger partial charge < -0.3 is 10.2 Å². The molecule has 2 nitrogen and oxygen atoms in total. The predicted molar refractivity (Wildman–Crippen MR) is 79.7 cm³/mol. The van der Waals surface area contributed by atoms with Crippen LogP contribution in [0, 0.1) is 0 Å². The first-order valence-corrected chi connectivity index (χ1v) is 7.52. The summed E-state index contributed by atoms with van der Waals surface area (Å²) >= 11 is 0. The van der Waals surface area contributed by atoms with E-state index in [9.17, 15) is 13.2 Å². The fourth-order valence-corrected chi connectivity index (χ4v) is 2.86. The van der Waals surface area contributed by atoms with Crippen molar-refractivity contribution < 1.29 is 13.2 Å². The van der Waals surface area contributed by atoms with Gasteiger partial charge in [-0.2, -0.15) is 13.2 Å². The van der Waals surface area contributed by atoms with E-state index in [1.165, 1.54) is 0 Å². The first-order chi connectivity index (χ1) is 9.90. The van der Waals surface area contributed by atoms with Gasteiger partial charge in [-0.25, -0.2) is 0 Å². The number of piperidine rings is 1. The number of nitrogens with zero attached hydrogens (tertiary/aromatic N) is 1. The lowest BCUT2D eigenvalue weighted by Gasteiger charge is -2.30. The van der Waals surface area contributed by atoms with E-state index in [4.69, 9.17) is 0 Å². The first kappa shape index (κ1) is 16.1. The summed E-state index contributed by atoms with van der Waals surface area (Å²) in [5, 5.41) is 3.42. The van der Waals surface area contributed by atoms with Gasteiger partial charge in [0.25, 0.3) is 0 Å². The Morgan fingerprint density at radius 1 is 1.19 bits per heavy atom. The molecular weight excluding hydrogens is 277 g/mol. The topological polar surface area (TPSA) is 15.3 Å². The Morgan fingerprint density at radius 2 is 1.76 bits per heavy atom. The Labute approximate surface area is 124 Å². The molecule has 0 radical (unpaired) electrons. The van der Waals surface area contributed by atoms with Gasteiger partial charge in [0.2, 0.25) is 0 Å². The maximum Gasteiger partial charge on any atom is 0.395 e. The molecule has 1 aromatic carbocycles. The standard InChI is InChI=1S/C16H23F3N2/c1-3-15(16(17,18)19)12-4-6-13(7-5-12)20-14-8-10-21(2)11-9-14/h4-7,14-15,20H,3,8-11H2,1-2H3. The molecule has 1 aliphatic heterocycles. The molecule has 0 bridgehead atoms. The molecule has 1 unspecified atom stereocenters. The highest BCUT2D eigenvalue weighted by Crippen LogP contribution is 2.37. The van der Waals surface area contributed by atoms with Crippen molar-refractivity contribution in [3.05, 3.63) is 29.8 Å². The lowest BCUT2D eigenvalue weighted by Crippen LogP contribution is -2.36. The molecule has 2 rings (SSSR count). The van der Waals surface area contributed by atoms with Crippen LogP contribution in [0.1, 0.15) is 37.7 Å². The van der Waals surface area contributed by atoms with Gasteiger partial charge in [0, 0.05) is 11.7 Å². The second kappa shape index (κ2) is 6.69. The quantitative estimate of drug-likeness (QED) is 0.894. The summed E-state index contributed by atoms with van der Waals surface area (Å²) in [6.45, 7) is 3.69. The van der Waals surface area contributed by atoms with E-state index in [0.717, 1.165) is 31.6 Å². The molecule has 118 valence electrons. The number of hydrogen-bond acceptors (Lipinski definition) is 2. The van der Waals surface area contributed by atoms with Crippen molar-refractivity contribution in [3.63, 3.8) is 0 Å². The molecule has 5 heteroatoms. The molecule has 0 aliphatic carbocycles. The van der Waals surface area contributed by atoms with Gasteiger partial charge in [-0.15, -0.1) is 0 Å². The van der Waals surface area contributed by atoms with E-state index in [2.05, 4.69) is 17.3 Å². The number of likely N-dealkylation sites (tertiary alicyclic amines) is 1. The van der Waals surface area contributed by atoms with Crippen LogP contribution in [0.15, 0.2) is 24.3 Å². The number of benzene rings is 1. The fourth-order valence-electron chi connectivity index (χ4n) is 2.86. The SMILES string of the molecule is CCC(c1ccc(NC2CCN(C)CC2)cc1)C(F)(F)F. The number of nitrogens with one attached hydrogen (secondary N) is 1. The number of alkyl halides is 3. The van der Waals surface area contributed by atoms with Crippen LogP contribution in [0.5, 0.6) is 0 Å². The summed E-state index contributed by atoms with van der Waals surface area (Å²) < 4.78 is 38.7. The summed E-state index contributed by atoms with van der Waals surface area (Å²) in [4.78, 5) is 2.29. The van der Waals surface area contributed by atoms with Crippen molar-refractivity contribution >= 4 is 5.69 Å². The summed E-state index contributed by atoms with van der Waals surface area (Å²) in [6, 6.07) is 7.14. The Balaban J connectivity index is 1.98. The van der Waals surface area contributed by atoms with Gasteiger partial charge in [-0.1, -0.05) is 19.1 Å². The van der Waals surface area contributed by atoms with E-state index in [0.29, 0.717) is 11.6 Å². The van der Waals surface area contributed by atoms with Gasteiger partial charge in [0.1, 0.15) is 0 Å². The van der Waals surface area contributed by atoms with E-state index in [1.807, 2.05) is 0 Å². The van der Waals surface area contributed by atoms with E-state index < -0.39 is 12.1 Å². The molecule has 1 N–H and O–H groups in total. The third kappa shape index (κ3) is 4.37. The molecule has 0 spiro atoms. The van der Waals surface area contributed by atoms with Crippen LogP contribution in [0.3, 0.4) is 0 Å². The maximum atomic E-state index is 12.9. The fraction of sp³-hybridized carbons (Fsp3) is 0.625. The highest BCUT2D eigenvalue weighted by atomic mass is 19.4. The first-order valence-electron chi connectivity index (χ1n) is 7.52. The van der Waals surface area contributed by atoms with Crippen LogP contribution >= 0.6 is 0 Å². The zero-order valence-electron chi connectivity index (χ0n) is 12.6. The molecule has 0 amide bonds. The normalized spacial score (nSPS) is 19.5. The minimum atomic E-state index is -4.17. The molecule has 1 heterocycles. The second-order valence-corrected chi connectivity index (χ2v) is 5.85. The lowest BCUT2D eigenvalue weighted by molar-refractivity contribution is -0.151. The molecule has 0 saturated carbocycles. The third-order valence-corrected chi connectivity index (χ3v) is 4.21. The van der Waals surface area contributed by atoms with E-state index in [1.54, 1.807) is 31.2 Å². The van der Waals surface area contributed by atoms with Crippen LogP contribution in [-0.4, -0.2) is 37.3 Å². The number of anilines is 1. The zero-order valence-corrected chi connectivity index (χ0v) is 12.6. The molecule has 1 aliphatic rings. The summed E-state index contributed by atoms with van der Waals surface area (Å²) in [6.07, 6.45) is -1.96. The Bertz CT molecular complexity index is 434. The highest BCUT2D eigenvalue weighted by Gasteiger charge is 2.39. The number of hydrogen-bond donors (Lipinski definition) is 1. The summed E-state index contributed by atoms with van der Waals surface area (Å²) in [5.41, 5.74) is 1.25. The third-order valence-electron chi connectivity index (χ3n) is 4.21. The number of rotatable bonds is 4. The van der Waals surface area contributed by atoms with Crippen molar-refractivity contribution in [2.24, 2.45) is 0 Å². The van der Waals surface area contributed by atoms with Crippen LogP contribution in [0.2, 0.25) is 0 Å². The minimum absolute atomic E-state index is 0.0746. The van der Waals surface area contributed by atoms with Crippen LogP contribution < -0.4 is 5.32 Å². The van der Waals surface area contributed by atoms with Crippen LogP contribution in [0.25, 0.3) is 0 Å². The monoisotopic (exact) mass is 300 g/mol. The van der Waals surface area contributed by atoms with Gasteiger partial charge in [0.05, 0.1) is 5.92 Å². The van der Waals surface area contributed by atoms with Crippen LogP contribution in [-0.2, 0) is 0 Å². The predicted octanol–water partition coefficient (Wildman–Crippen LogP) is 4.25. The lowest BCUT2D eigenvalue weighted by atomic mass is 9.95. The molecule has 0 aromatic heterocycles. The molecule has 1 atom stereocenters. The summed E-state index contributed by atoms with van der Waals surface area (Å²) in [5.74, 6) is -1.37. The molecule has 1 saturated heterocycles. The van der Waals surface area contributed by atoms with Crippen molar-refractivity contribution in [2.75, 3.05) is 25.5 Å². The molecule has 1 aromatic rings. The Hall–Kier alpha value is -1.23. The van der Waals surface area contributed by atoms with Gasteiger partial charge in [0.15, 0.2) is 0 Å². The van der Waals surface area contributed by atoms with Gasteiger partial charge in [-0.05, 0) is 57.1 Å². The Morgan fingerprint density at radius 3 is 2.24 bits per heavy atom. The zero-order chi connectivity index (χ0) is 15.5. The average molecular weight is 300 g/mol. The van der Waals surface area contributed by atoms with E-state index in [-0.39, 0.29) is 6.42 Å². The Kier molecular flexibility index (Phi) is 5.14.